The number of benzene rings is 5. The van der Waals surface area contributed by atoms with Crippen molar-refractivity contribution < 1.29 is 43.3 Å². The summed E-state index contributed by atoms with van der Waals surface area (Å²) in [6, 6.07) is 33.6. The van der Waals surface area contributed by atoms with Gasteiger partial charge in [-0.25, -0.2) is 24.5 Å². The number of hydrogen-bond donors (Lipinski definition) is 2. The number of fused-ring (bicyclic) bond motifs is 3. The smallest absolute Gasteiger partial charge is 0.329 e. The highest BCUT2D eigenvalue weighted by atomic mass is 16.6. The molecule has 73 heavy (non-hydrogen) atoms. The number of imide groups is 1. The van der Waals surface area contributed by atoms with Gasteiger partial charge in [-0.05, 0) is 88.8 Å². The number of phenolic OH excluding ortho intramolecular Hbond substituents is 1. The van der Waals surface area contributed by atoms with Gasteiger partial charge in [0.15, 0.2) is 0 Å². The molecule has 16 heteroatoms. The van der Waals surface area contributed by atoms with Gasteiger partial charge >= 0.3 is 18.0 Å². The Morgan fingerprint density at radius 1 is 0.753 bits per heavy atom. The Bertz CT molecular complexity index is 3110. The Morgan fingerprint density at radius 2 is 1.38 bits per heavy atom. The van der Waals surface area contributed by atoms with E-state index in [4.69, 9.17) is 14.2 Å². The van der Waals surface area contributed by atoms with Crippen molar-refractivity contribution in [3.05, 3.63) is 179 Å². The van der Waals surface area contributed by atoms with E-state index in [2.05, 4.69) is 27.1 Å². The SMILES string of the molecule is COC(=O)C(NC(=O)N1C(=O)C2(c3cc(C#Cc4ccc(OC)cc4)ccc31)C(C(=O)N1CCN(c3ncccn3)CC1)C1C(=O)OC(c3ccccc3)C(c3ccccc3)N1C2c1ccc(O)cc1)C(C)C. The largest absolute Gasteiger partial charge is 0.508 e. The number of aromatic nitrogens is 2. The molecule has 3 saturated heterocycles. The molecule has 0 radical (unpaired) electrons. The quantitative estimate of drug-likeness (QED) is 0.118. The predicted molar refractivity (Wildman–Crippen MR) is 269 cm³/mol. The number of ether oxygens (including phenoxy) is 3. The van der Waals surface area contributed by atoms with Crippen molar-refractivity contribution in [3.8, 4) is 23.3 Å². The highest BCUT2D eigenvalue weighted by Gasteiger charge is 2.76. The molecular weight excluding hydrogens is 927 g/mol. The van der Waals surface area contributed by atoms with E-state index in [9.17, 15) is 9.90 Å². The fourth-order valence-corrected chi connectivity index (χ4v) is 11.0. The normalized spacial score (nSPS) is 22.7. The maximum atomic E-state index is 16.8. The van der Waals surface area contributed by atoms with Gasteiger partial charge < -0.3 is 34.4 Å². The summed E-state index contributed by atoms with van der Waals surface area (Å²) in [5.41, 5.74) is 1.27. The number of carbonyl (C=O) groups is 5. The number of rotatable bonds is 9. The van der Waals surface area contributed by atoms with Crippen molar-refractivity contribution in [1.82, 2.24) is 25.1 Å². The zero-order valence-electron chi connectivity index (χ0n) is 40.6. The second kappa shape index (κ2) is 19.9. The van der Waals surface area contributed by atoms with E-state index in [0.29, 0.717) is 47.0 Å². The number of amides is 4. The molecule has 10 rings (SSSR count). The molecule has 1 spiro atoms. The topological polar surface area (TPSA) is 184 Å². The lowest BCUT2D eigenvalue weighted by atomic mass is 9.64. The Morgan fingerprint density at radius 3 is 2.01 bits per heavy atom. The van der Waals surface area contributed by atoms with Crippen molar-refractivity contribution in [2.75, 3.05) is 50.2 Å². The first-order valence-corrected chi connectivity index (χ1v) is 24.2. The lowest BCUT2D eigenvalue weighted by Crippen LogP contribution is -2.60. The van der Waals surface area contributed by atoms with Crippen molar-refractivity contribution in [3.63, 3.8) is 0 Å². The number of nitrogens with one attached hydrogen (secondary N) is 1. The first-order chi connectivity index (χ1) is 35.4. The van der Waals surface area contributed by atoms with Crippen LogP contribution in [0.4, 0.5) is 16.4 Å². The maximum absolute atomic E-state index is 16.8. The summed E-state index contributed by atoms with van der Waals surface area (Å²) in [7, 11) is 2.79. The van der Waals surface area contributed by atoms with Crippen LogP contribution in [0.2, 0.25) is 0 Å². The number of hydrogen-bond acceptors (Lipinski definition) is 13. The molecule has 5 heterocycles. The number of aromatic hydroxyl groups is 1. The molecule has 1 aromatic heterocycles. The lowest BCUT2D eigenvalue weighted by Gasteiger charge is -2.46. The molecule has 16 nitrogen and oxygen atoms in total. The van der Waals surface area contributed by atoms with Gasteiger partial charge in [0.1, 0.15) is 35.1 Å². The predicted octanol–water partition coefficient (Wildman–Crippen LogP) is 6.51. The summed E-state index contributed by atoms with van der Waals surface area (Å²) >= 11 is 0. The highest BCUT2D eigenvalue weighted by Crippen LogP contribution is 2.66. The van der Waals surface area contributed by atoms with Crippen LogP contribution >= 0.6 is 0 Å². The number of phenols is 1. The molecular formula is C57H53N7O9. The molecule has 370 valence electrons. The number of piperazine rings is 1. The average Bonchev–Trinajstić information content (AvgIpc) is 3.89. The summed E-state index contributed by atoms with van der Waals surface area (Å²) in [6.45, 7) is 4.52. The zero-order valence-corrected chi connectivity index (χ0v) is 40.6. The summed E-state index contributed by atoms with van der Waals surface area (Å²) in [6.07, 6.45) is 2.35. The van der Waals surface area contributed by atoms with E-state index in [1.54, 1.807) is 86.8 Å². The molecule has 3 fully saturated rings. The van der Waals surface area contributed by atoms with Gasteiger partial charge in [-0.2, -0.15) is 0 Å². The van der Waals surface area contributed by atoms with Crippen LogP contribution in [-0.4, -0.2) is 107 Å². The fraction of sp³-hybridized carbons (Fsp3) is 0.281. The number of urea groups is 1. The summed E-state index contributed by atoms with van der Waals surface area (Å²) in [5, 5.41) is 13.6. The van der Waals surface area contributed by atoms with Crippen LogP contribution in [0, 0.1) is 23.7 Å². The number of morpholine rings is 1. The van der Waals surface area contributed by atoms with Crippen LogP contribution in [0.5, 0.6) is 11.5 Å². The Hall–Kier alpha value is -8.55. The summed E-state index contributed by atoms with van der Waals surface area (Å²) in [4.78, 5) is 92.6. The Balaban J connectivity index is 1.24. The Labute approximate surface area is 422 Å². The van der Waals surface area contributed by atoms with Crippen molar-refractivity contribution >= 4 is 41.4 Å². The van der Waals surface area contributed by atoms with E-state index in [0.717, 1.165) is 10.5 Å². The molecule has 7 unspecified atom stereocenters. The third-order valence-electron chi connectivity index (χ3n) is 14.4. The molecule has 0 saturated carbocycles. The van der Waals surface area contributed by atoms with Crippen molar-refractivity contribution in [1.29, 1.82) is 0 Å². The van der Waals surface area contributed by atoms with Gasteiger partial charge in [0.2, 0.25) is 17.8 Å². The molecule has 4 aliphatic rings. The molecule has 6 aromatic rings. The Kier molecular flexibility index (Phi) is 13.1. The van der Waals surface area contributed by atoms with E-state index in [1.165, 1.54) is 19.2 Å². The molecule has 0 aliphatic carbocycles. The number of esters is 2. The fourth-order valence-electron chi connectivity index (χ4n) is 11.0. The summed E-state index contributed by atoms with van der Waals surface area (Å²) in [5.74, 6) is 2.75. The van der Waals surface area contributed by atoms with E-state index >= 15 is 19.2 Å². The number of carbonyl (C=O) groups excluding carboxylic acids is 5. The van der Waals surface area contributed by atoms with E-state index in [1.807, 2.05) is 82.6 Å². The molecule has 2 N–H and O–H groups in total. The molecule has 0 bridgehead atoms. The third-order valence-corrected chi connectivity index (χ3v) is 14.4. The van der Waals surface area contributed by atoms with Crippen LogP contribution in [0.3, 0.4) is 0 Å². The monoisotopic (exact) mass is 979 g/mol. The number of cyclic esters (lactones) is 1. The van der Waals surface area contributed by atoms with Crippen molar-refractivity contribution in [2.24, 2.45) is 11.8 Å². The minimum Gasteiger partial charge on any atom is -0.508 e. The standard InChI is InChI=1S/C57H53N7O9/c1-35(2)46(52(67)72-4)60-56(70)63-44-27-20-37(17-16-36-18-25-42(71-3)26-19-36)34-43(44)57(54(63)69)45(51(66)61-30-32-62(33-31-61)55-58-28-11-29-59-55)48-53(68)73-49(39-14-9-6-10-15-39)47(38-12-7-5-8-13-38)64(48)50(57)40-21-23-41(65)24-22-40/h5-15,18-29,34-35,45-50,65H,30-33H2,1-4H3,(H,60,70). The first-order valence-electron chi connectivity index (χ1n) is 24.2. The highest BCUT2D eigenvalue weighted by molar-refractivity contribution is 6.25. The van der Waals surface area contributed by atoms with Gasteiger partial charge in [-0.3, -0.25) is 19.3 Å². The van der Waals surface area contributed by atoms with Crippen LogP contribution in [0.1, 0.15) is 65.4 Å². The maximum Gasteiger partial charge on any atom is 0.329 e. The van der Waals surface area contributed by atoms with Gasteiger partial charge in [-0.1, -0.05) is 98.5 Å². The van der Waals surface area contributed by atoms with Gasteiger partial charge in [0.05, 0.1) is 37.9 Å². The lowest BCUT2D eigenvalue weighted by molar-refractivity contribution is -0.179. The number of nitrogens with zero attached hydrogens (tertiary/aromatic N) is 6. The number of methoxy groups -OCH3 is 2. The molecule has 4 aliphatic heterocycles. The molecule has 5 aromatic carbocycles. The average molecular weight is 980 g/mol. The minimum absolute atomic E-state index is 0.0575. The van der Waals surface area contributed by atoms with Gasteiger partial charge in [0.25, 0.3) is 0 Å². The zero-order chi connectivity index (χ0) is 51.0. The minimum atomic E-state index is -2.10. The van der Waals surface area contributed by atoms with Gasteiger partial charge in [-0.15, -0.1) is 0 Å². The number of anilines is 2. The second-order valence-corrected chi connectivity index (χ2v) is 18.8. The van der Waals surface area contributed by atoms with Gasteiger partial charge in [0, 0.05) is 49.7 Å². The summed E-state index contributed by atoms with van der Waals surface area (Å²) < 4.78 is 17.1. The van der Waals surface area contributed by atoms with Crippen LogP contribution < -0.4 is 19.9 Å². The van der Waals surface area contributed by atoms with E-state index < -0.39 is 77.3 Å². The van der Waals surface area contributed by atoms with Crippen molar-refractivity contribution in [2.45, 2.75) is 49.5 Å². The van der Waals surface area contributed by atoms with Crippen LogP contribution in [-0.2, 0) is 34.1 Å². The third kappa shape index (κ3) is 8.54. The molecule has 7 atom stereocenters. The second-order valence-electron chi connectivity index (χ2n) is 18.8. The van der Waals surface area contributed by atoms with Crippen LogP contribution in [0.15, 0.2) is 146 Å². The first kappa shape index (κ1) is 48.1. The van der Waals surface area contributed by atoms with E-state index in [-0.39, 0.29) is 30.1 Å². The molecule has 4 amide bonds. The van der Waals surface area contributed by atoms with Crippen LogP contribution in [0.25, 0.3) is 0 Å².